The third-order valence-electron chi connectivity index (χ3n) is 4.40. The van der Waals surface area contributed by atoms with Crippen LogP contribution in [0.4, 0.5) is 0 Å². The normalized spacial score (nSPS) is 12.1. The molecule has 0 saturated carbocycles. The van der Waals surface area contributed by atoms with E-state index in [-0.39, 0.29) is 5.97 Å². The highest BCUT2D eigenvalue weighted by atomic mass is 16.5. The Labute approximate surface area is 136 Å². The van der Waals surface area contributed by atoms with Crippen LogP contribution >= 0.6 is 0 Å². The predicted octanol–water partition coefficient (Wildman–Crippen LogP) is 5.33. The van der Waals surface area contributed by atoms with E-state index in [1.165, 1.54) is 56.8 Å². The van der Waals surface area contributed by atoms with Gasteiger partial charge < -0.3 is 4.74 Å². The lowest BCUT2D eigenvalue weighted by Gasteiger charge is -2.13. The first-order chi connectivity index (χ1) is 10.7. The minimum atomic E-state index is -0.126. The minimum absolute atomic E-state index is 0.126. The monoisotopic (exact) mass is 304 g/mol. The second-order valence-electron chi connectivity index (χ2n) is 6.34. The van der Waals surface area contributed by atoms with Crippen molar-refractivity contribution in [2.45, 2.75) is 71.6 Å². The largest absolute Gasteiger partial charge is 0.469 e. The second kappa shape index (κ2) is 11.3. The molecule has 124 valence electrons. The van der Waals surface area contributed by atoms with Crippen LogP contribution in [0.3, 0.4) is 0 Å². The molecule has 0 aromatic heterocycles. The van der Waals surface area contributed by atoms with Crippen molar-refractivity contribution in [1.82, 2.24) is 0 Å². The van der Waals surface area contributed by atoms with Crippen LogP contribution in [-0.2, 0) is 22.4 Å². The molecule has 0 aliphatic heterocycles. The Morgan fingerprint density at radius 3 is 2.36 bits per heavy atom. The van der Waals surface area contributed by atoms with Crippen molar-refractivity contribution >= 4 is 5.97 Å². The Morgan fingerprint density at radius 2 is 1.73 bits per heavy atom. The van der Waals surface area contributed by atoms with Crippen LogP contribution in [0.1, 0.15) is 69.9 Å². The summed E-state index contributed by atoms with van der Waals surface area (Å²) in [6.07, 6.45) is 10.4. The zero-order valence-corrected chi connectivity index (χ0v) is 14.6. The van der Waals surface area contributed by atoms with E-state index in [0.717, 1.165) is 18.8 Å². The highest BCUT2D eigenvalue weighted by Crippen LogP contribution is 2.19. The van der Waals surface area contributed by atoms with E-state index < -0.39 is 0 Å². The number of ether oxygens (including phenoxy) is 1. The van der Waals surface area contributed by atoms with E-state index in [1.54, 1.807) is 0 Å². The van der Waals surface area contributed by atoms with Crippen molar-refractivity contribution in [2.75, 3.05) is 7.11 Å². The number of carbonyl (C=O) groups is 1. The molecule has 0 aliphatic carbocycles. The molecule has 1 aromatic carbocycles. The minimum Gasteiger partial charge on any atom is -0.469 e. The molecule has 0 bridgehead atoms. The number of benzene rings is 1. The average molecular weight is 304 g/mol. The van der Waals surface area contributed by atoms with E-state index in [4.69, 9.17) is 4.74 Å². The number of rotatable bonds is 11. The van der Waals surface area contributed by atoms with Gasteiger partial charge in [-0.05, 0) is 36.3 Å². The molecule has 1 aromatic rings. The molecule has 2 heteroatoms. The third-order valence-corrected chi connectivity index (χ3v) is 4.40. The molecular weight excluding hydrogens is 272 g/mol. The Morgan fingerprint density at radius 1 is 1.05 bits per heavy atom. The van der Waals surface area contributed by atoms with Crippen LogP contribution in [0.5, 0.6) is 0 Å². The van der Waals surface area contributed by atoms with E-state index in [2.05, 4.69) is 38.1 Å². The number of aryl methyl sites for hydroxylation is 2. The summed E-state index contributed by atoms with van der Waals surface area (Å²) < 4.78 is 4.74. The molecule has 2 nitrogen and oxygen atoms in total. The van der Waals surface area contributed by atoms with Crippen molar-refractivity contribution in [1.29, 1.82) is 0 Å². The maximum atomic E-state index is 11.3. The summed E-state index contributed by atoms with van der Waals surface area (Å²) in [6, 6.07) is 8.51. The van der Waals surface area contributed by atoms with Crippen LogP contribution in [0.15, 0.2) is 24.3 Å². The number of carbonyl (C=O) groups excluding carboxylic acids is 1. The molecule has 1 atom stereocenters. The fraction of sp³-hybridized carbons (Fsp3) is 0.650. The quantitative estimate of drug-likeness (QED) is 0.408. The van der Waals surface area contributed by atoms with Crippen LogP contribution < -0.4 is 0 Å². The highest BCUT2D eigenvalue weighted by molar-refractivity contribution is 5.69. The summed E-state index contributed by atoms with van der Waals surface area (Å²) in [6.45, 7) is 4.62. The topological polar surface area (TPSA) is 26.3 Å². The number of esters is 1. The Hall–Kier alpha value is -1.31. The summed E-state index contributed by atoms with van der Waals surface area (Å²) in [4.78, 5) is 11.3. The molecule has 1 rings (SSSR count). The lowest BCUT2D eigenvalue weighted by atomic mass is 9.92. The van der Waals surface area contributed by atoms with Crippen molar-refractivity contribution < 1.29 is 9.53 Å². The summed E-state index contributed by atoms with van der Waals surface area (Å²) >= 11 is 0. The molecule has 0 spiro atoms. The first-order valence-electron chi connectivity index (χ1n) is 8.81. The molecule has 0 heterocycles. The van der Waals surface area contributed by atoms with Gasteiger partial charge in [-0.25, -0.2) is 0 Å². The van der Waals surface area contributed by atoms with E-state index in [9.17, 15) is 4.79 Å². The predicted molar refractivity (Wildman–Crippen MR) is 93.0 cm³/mol. The zero-order chi connectivity index (χ0) is 16.2. The van der Waals surface area contributed by atoms with Gasteiger partial charge in [0, 0.05) is 6.42 Å². The molecule has 0 radical (unpaired) electrons. The van der Waals surface area contributed by atoms with Gasteiger partial charge in [0.2, 0.25) is 0 Å². The van der Waals surface area contributed by atoms with E-state index in [0.29, 0.717) is 6.42 Å². The standard InChI is InChI=1S/C20H32O2/c1-4-5-6-7-10-17(2)13-14-18-11-8-9-12-19(18)15-16-20(21)22-3/h8-9,11-12,17H,4-7,10,13-16H2,1-3H3. The van der Waals surface area contributed by atoms with Gasteiger partial charge >= 0.3 is 5.97 Å². The Kier molecular flexibility index (Phi) is 9.61. The van der Waals surface area contributed by atoms with Gasteiger partial charge in [0.05, 0.1) is 7.11 Å². The average Bonchev–Trinajstić information content (AvgIpc) is 2.55. The lowest BCUT2D eigenvalue weighted by molar-refractivity contribution is -0.140. The first kappa shape index (κ1) is 18.7. The smallest absolute Gasteiger partial charge is 0.305 e. The van der Waals surface area contributed by atoms with Crippen molar-refractivity contribution in [3.05, 3.63) is 35.4 Å². The van der Waals surface area contributed by atoms with E-state index >= 15 is 0 Å². The fourth-order valence-corrected chi connectivity index (χ4v) is 2.85. The molecule has 1 unspecified atom stereocenters. The lowest BCUT2D eigenvalue weighted by Crippen LogP contribution is -2.05. The molecule has 0 saturated heterocycles. The van der Waals surface area contributed by atoms with Gasteiger partial charge in [-0.1, -0.05) is 70.2 Å². The van der Waals surface area contributed by atoms with Gasteiger partial charge in [0.1, 0.15) is 0 Å². The number of hydrogen-bond donors (Lipinski definition) is 0. The van der Waals surface area contributed by atoms with Gasteiger partial charge in [-0.3, -0.25) is 4.79 Å². The zero-order valence-electron chi connectivity index (χ0n) is 14.6. The molecule has 0 amide bonds. The van der Waals surface area contributed by atoms with E-state index in [1.807, 2.05) is 0 Å². The highest BCUT2D eigenvalue weighted by Gasteiger charge is 2.08. The van der Waals surface area contributed by atoms with Crippen LogP contribution in [0.2, 0.25) is 0 Å². The van der Waals surface area contributed by atoms with Gasteiger partial charge in [-0.15, -0.1) is 0 Å². The van der Waals surface area contributed by atoms with Crippen LogP contribution in [0, 0.1) is 5.92 Å². The van der Waals surface area contributed by atoms with Crippen molar-refractivity contribution in [3.63, 3.8) is 0 Å². The summed E-state index contributed by atoms with van der Waals surface area (Å²) in [5, 5.41) is 0. The second-order valence-corrected chi connectivity index (χ2v) is 6.34. The summed E-state index contributed by atoms with van der Waals surface area (Å²) in [5.41, 5.74) is 2.69. The third kappa shape index (κ3) is 7.63. The molecule has 0 aliphatic rings. The maximum Gasteiger partial charge on any atom is 0.305 e. The number of methoxy groups -OCH3 is 1. The summed E-state index contributed by atoms with van der Waals surface area (Å²) in [5.74, 6) is 0.657. The first-order valence-corrected chi connectivity index (χ1v) is 8.81. The van der Waals surface area contributed by atoms with Gasteiger partial charge in [-0.2, -0.15) is 0 Å². The van der Waals surface area contributed by atoms with Crippen molar-refractivity contribution in [3.8, 4) is 0 Å². The Bertz CT molecular complexity index is 425. The number of hydrogen-bond acceptors (Lipinski definition) is 2. The molecular formula is C20H32O2. The molecule has 22 heavy (non-hydrogen) atoms. The number of unbranched alkanes of at least 4 members (excludes halogenated alkanes) is 3. The SMILES string of the molecule is CCCCCCC(C)CCc1ccccc1CCC(=O)OC. The van der Waals surface area contributed by atoms with Gasteiger partial charge in [0.15, 0.2) is 0 Å². The van der Waals surface area contributed by atoms with Gasteiger partial charge in [0.25, 0.3) is 0 Å². The van der Waals surface area contributed by atoms with Crippen molar-refractivity contribution in [2.24, 2.45) is 5.92 Å². The van der Waals surface area contributed by atoms with Crippen LogP contribution in [-0.4, -0.2) is 13.1 Å². The Balaban J connectivity index is 2.39. The van der Waals surface area contributed by atoms with Crippen LogP contribution in [0.25, 0.3) is 0 Å². The maximum absolute atomic E-state index is 11.3. The molecule has 0 fully saturated rings. The molecule has 0 N–H and O–H groups in total. The fourth-order valence-electron chi connectivity index (χ4n) is 2.85. The summed E-state index contributed by atoms with van der Waals surface area (Å²) in [7, 11) is 1.45.